The number of thiophene rings is 1. The van der Waals surface area contributed by atoms with Crippen molar-refractivity contribution in [2.45, 2.75) is 63.5 Å². The minimum atomic E-state index is 0.468. The molecule has 1 aliphatic heterocycles. The molecule has 2 fully saturated rings. The number of aryl methyl sites for hydroxylation is 2. The molecule has 0 amide bonds. The zero-order chi connectivity index (χ0) is 15.2. The minimum absolute atomic E-state index is 0.468. The SMILES string of the molecule is c1nc(NC2CCOC(C3CC3)C2)c2c3c(sc2n1)CCCC3. The van der Waals surface area contributed by atoms with E-state index in [0.29, 0.717) is 12.1 Å². The third kappa shape index (κ3) is 2.64. The van der Waals surface area contributed by atoms with Crippen LogP contribution in [0.1, 0.15) is 49.0 Å². The summed E-state index contributed by atoms with van der Waals surface area (Å²) < 4.78 is 5.96. The van der Waals surface area contributed by atoms with E-state index < -0.39 is 0 Å². The summed E-state index contributed by atoms with van der Waals surface area (Å²) in [7, 11) is 0. The van der Waals surface area contributed by atoms with Gasteiger partial charge in [0.15, 0.2) is 0 Å². The zero-order valence-electron chi connectivity index (χ0n) is 13.4. The zero-order valence-corrected chi connectivity index (χ0v) is 14.2. The molecule has 5 heteroatoms. The van der Waals surface area contributed by atoms with Gasteiger partial charge in [0.05, 0.1) is 11.5 Å². The van der Waals surface area contributed by atoms with E-state index in [-0.39, 0.29) is 0 Å². The Balaban J connectivity index is 1.44. The van der Waals surface area contributed by atoms with Gasteiger partial charge in [-0.15, -0.1) is 11.3 Å². The van der Waals surface area contributed by atoms with Crippen molar-refractivity contribution in [3.63, 3.8) is 0 Å². The smallest absolute Gasteiger partial charge is 0.138 e. The highest BCUT2D eigenvalue weighted by Crippen LogP contribution is 2.40. The molecule has 4 nitrogen and oxygen atoms in total. The molecular weight excluding hydrogens is 306 g/mol. The maximum Gasteiger partial charge on any atom is 0.138 e. The molecule has 2 unspecified atom stereocenters. The lowest BCUT2D eigenvalue weighted by Gasteiger charge is -2.30. The van der Waals surface area contributed by atoms with E-state index in [1.807, 2.05) is 11.3 Å². The van der Waals surface area contributed by atoms with Crippen LogP contribution in [0.15, 0.2) is 6.33 Å². The molecule has 1 saturated carbocycles. The van der Waals surface area contributed by atoms with Crippen molar-refractivity contribution in [3.05, 3.63) is 16.8 Å². The first-order valence-electron chi connectivity index (χ1n) is 9.02. The van der Waals surface area contributed by atoms with Gasteiger partial charge >= 0.3 is 0 Å². The predicted octanol–water partition coefficient (Wildman–Crippen LogP) is 3.94. The molecule has 0 radical (unpaired) electrons. The molecule has 0 aromatic carbocycles. The van der Waals surface area contributed by atoms with Crippen LogP contribution in [0.25, 0.3) is 10.2 Å². The van der Waals surface area contributed by atoms with Crippen LogP contribution in [0.2, 0.25) is 0 Å². The van der Waals surface area contributed by atoms with Gasteiger partial charge in [0, 0.05) is 17.5 Å². The van der Waals surface area contributed by atoms with Gasteiger partial charge in [-0.2, -0.15) is 0 Å². The number of rotatable bonds is 3. The third-order valence-electron chi connectivity index (χ3n) is 5.56. The van der Waals surface area contributed by atoms with Crippen LogP contribution < -0.4 is 5.32 Å². The highest BCUT2D eigenvalue weighted by molar-refractivity contribution is 7.19. The van der Waals surface area contributed by atoms with E-state index in [1.165, 1.54) is 59.2 Å². The van der Waals surface area contributed by atoms with Gasteiger partial charge in [0.2, 0.25) is 0 Å². The topological polar surface area (TPSA) is 47.0 Å². The van der Waals surface area contributed by atoms with Crippen molar-refractivity contribution >= 4 is 27.4 Å². The summed E-state index contributed by atoms with van der Waals surface area (Å²) in [5, 5.41) is 5.06. The molecule has 0 spiro atoms. The van der Waals surface area contributed by atoms with Gasteiger partial charge in [-0.3, -0.25) is 0 Å². The lowest BCUT2D eigenvalue weighted by atomic mass is 9.96. The van der Waals surface area contributed by atoms with Crippen molar-refractivity contribution in [2.75, 3.05) is 11.9 Å². The summed E-state index contributed by atoms with van der Waals surface area (Å²) in [6.07, 6.45) is 12.1. The summed E-state index contributed by atoms with van der Waals surface area (Å²) >= 11 is 1.88. The molecule has 3 heterocycles. The first kappa shape index (κ1) is 14.2. The predicted molar refractivity (Wildman–Crippen MR) is 93.2 cm³/mol. The molecule has 5 rings (SSSR count). The number of nitrogens with one attached hydrogen (secondary N) is 1. The molecule has 0 bridgehead atoms. The molecule has 3 aliphatic rings. The number of aromatic nitrogens is 2. The van der Waals surface area contributed by atoms with E-state index >= 15 is 0 Å². The molecular formula is C18H23N3OS. The Kier molecular flexibility index (Phi) is 3.52. The summed E-state index contributed by atoms with van der Waals surface area (Å²) in [4.78, 5) is 11.9. The second-order valence-corrected chi connectivity index (χ2v) is 8.31. The molecule has 2 aromatic heterocycles. The van der Waals surface area contributed by atoms with E-state index in [2.05, 4.69) is 15.3 Å². The number of hydrogen-bond acceptors (Lipinski definition) is 5. The Morgan fingerprint density at radius 1 is 1.13 bits per heavy atom. The van der Waals surface area contributed by atoms with E-state index in [0.717, 1.165) is 31.2 Å². The largest absolute Gasteiger partial charge is 0.378 e. The minimum Gasteiger partial charge on any atom is -0.378 e. The second-order valence-electron chi connectivity index (χ2n) is 7.23. The van der Waals surface area contributed by atoms with Crippen LogP contribution in [-0.2, 0) is 17.6 Å². The molecule has 122 valence electrons. The maximum absolute atomic E-state index is 5.96. The Morgan fingerprint density at radius 3 is 2.96 bits per heavy atom. The summed E-state index contributed by atoms with van der Waals surface area (Å²) in [5.74, 6) is 1.88. The fraction of sp³-hybridized carbons (Fsp3) is 0.667. The first-order valence-corrected chi connectivity index (χ1v) is 9.83. The van der Waals surface area contributed by atoms with Crippen molar-refractivity contribution in [2.24, 2.45) is 5.92 Å². The number of anilines is 1. The number of fused-ring (bicyclic) bond motifs is 3. The van der Waals surface area contributed by atoms with Crippen LogP contribution in [0, 0.1) is 5.92 Å². The van der Waals surface area contributed by atoms with E-state index in [9.17, 15) is 0 Å². The standard InChI is InChI=1S/C18H23N3OS/c1-2-4-15-13(3-1)16-17(19-10-20-18(16)23-15)21-12-7-8-22-14(9-12)11-5-6-11/h10-12,14H,1-9H2,(H,19,20,21). The highest BCUT2D eigenvalue weighted by atomic mass is 32.1. The van der Waals surface area contributed by atoms with Crippen LogP contribution >= 0.6 is 11.3 Å². The second kappa shape index (κ2) is 5.71. The number of nitrogens with zero attached hydrogens (tertiary/aromatic N) is 2. The lowest BCUT2D eigenvalue weighted by molar-refractivity contribution is -0.00221. The van der Waals surface area contributed by atoms with Crippen LogP contribution in [0.4, 0.5) is 5.82 Å². The van der Waals surface area contributed by atoms with Gasteiger partial charge < -0.3 is 10.1 Å². The van der Waals surface area contributed by atoms with Gasteiger partial charge in [0.25, 0.3) is 0 Å². The van der Waals surface area contributed by atoms with Crippen LogP contribution in [0.5, 0.6) is 0 Å². The highest BCUT2D eigenvalue weighted by Gasteiger charge is 2.36. The first-order chi connectivity index (χ1) is 11.4. The Labute approximate surface area is 140 Å². The molecule has 2 atom stereocenters. The van der Waals surface area contributed by atoms with E-state index in [1.54, 1.807) is 6.33 Å². The van der Waals surface area contributed by atoms with Crippen molar-refractivity contribution in [1.82, 2.24) is 9.97 Å². The van der Waals surface area contributed by atoms with Gasteiger partial charge in [0.1, 0.15) is 17.0 Å². The third-order valence-corrected chi connectivity index (χ3v) is 6.75. The van der Waals surface area contributed by atoms with Crippen LogP contribution in [0.3, 0.4) is 0 Å². The fourth-order valence-electron chi connectivity index (χ4n) is 4.15. The quantitative estimate of drug-likeness (QED) is 0.926. The van der Waals surface area contributed by atoms with Crippen molar-refractivity contribution < 1.29 is 4.74 Å². The fourth-order valence-corrected chi connectivity index (χ4v) is 5.38. The molecule has 1 N–H and O–H groups in total. The molecule has 2 aromatic rings. The number of ether oxygens (including phenoxy) is 1. The van der Waals surface area contributed by atoms with Gasteiger partial charge in [-0.1, -0.05) is 0 Å². The molecule has 2 aliphatic carbocycles. The average molecular weight is 329 g/mol. The Morgan fingerprint density at radius 2 is 2.04 bits per heavy atom. The molecule has 23 heavy (non-hydrogen) atoms. The van der Waals surface area contributed by atoms with Gasteiger partial charge in [-0.05, 0) is 62.8 Å². The normalized spacial score (nSPS) is 27.8. The van der Waals surface area contributed by atoms with E-state index in [4.69, 9.17) is 4.74 Å². The van der Waals surface area contributed by atoms with Crippen molar-refractivity contribution in [3.8, 4) is 0 Å². The lowest BCUT2D eigenvalue weighted by Crippen LogP contribution is -2.35. The Bertz CT molecular complexity index is 724. The Hall–Kier alpha value is -1.20. The van der Waals surface area contributed by atoms with Gasteiger partial charge in [-0.25, -0.2) is 9.97 Å². The summed E-state index contributed by atoms with van der Waals surface area (Å²) in [6.45, 7) is 0.884. The monoisotopic (exact) mass is 329 g/mol. The maximum atomic E-state index is 5.96. The number of hydrogen-bond donors (Lipinski definition) is 1. The van der Waals surface area contributed by atoms with Crippen molar-refractivity contribution in [1.29, 1.82) is 0 Å². The summed E-state index contributed by atoms with van der Waals surface area (Å²) in [6, 6.07) is 0.492. The average Bonchev–Trinajstić information content (AvgIpc) is 3.36. The molecule has 1 saturated heterocycles. The summed E-state index contributed by atoms with van der Waals surface area (Å²) in [5.41, 5.74) is 1.52. The van der Waals surface area contributed by atoms with Crippen LogP contribution in [-0.4, -0.2) is 28.7 Å².